The van der Waals surface area contributed by atoms with Crippen LogP contribution < -0.4 is 10.2 Å². The molecule has 2 aliphatic rings. The molecule has 2 fully saturated rings. The van der Waals surface area contributed by atoms with Gasteiger partial charge in [0.2, 0.25) is 0 Å². The topological polar surface area (TPSA) is 72.9 Å². The maximum atomic E-state index is 12.6. The van der Waals surface area contributed by atoms with Crippen LogP contribution in [0.2, 0.25) is 0 Å². The van der Waals surface area contributed by atoms with Gasteiger partial charge in [0.05, 0.1) is 11.3 Å². The Labute approximate surface area is 183 Å². The van der Waals surface area contributed by atoms with Gasteiger partial charge in [-0.2, -0.15) is 0 Å². The third-order valence-electron chi connectivity index (χ3n) is 6.34. The van der Waals surface area contributed by atoms with Gasteiger partial charge >= 0.3 is 5.97 Å². The maximum absolute atomic E-state index is 12.6. The molecule has 1 amide bonds. The molecule has 2 aromatic rings. The molecular formula is C25H31N3O3. The lowest BCUT2D eigenvalue weighted by Crippen LogP contribution is -2.41. The summed E-state index contributed by atoms with van der Waals surface area (Å²) in [5, 5.41) is 12.7. The van der Waals surface area contributed by atoms with Crippen molar-refractivity contribution in [1.29, 1.82) is 0 Å². The Hall–Kier alpha value is -2.86. The third-order valence-corrected chi connectivity index (χ3v) is 6.34. The molecule has 0 bridgehead atoms. The van der Waals surface area contributed by atoms with Gasteiger partial charge < -0.3 is 20.2 Å². The molecule has 0 unspecified atom stereocenters. The predicted octanol–water partition coefficient (Wildman–Crippen LogP) is 4.26. The van der Waals surface area contributed by atoms with E-state index in [1.54, 1.807) is 18.2 Å². The van der Waals surface area contributed by atoms with Gasteiger partial charge in [-0.15, -0.1) is 0 Å². The van der Waals surface area contributed by atoms with Crippen molar-refractivity contribution in [3.63, 3.8) is 0 Å². The number of carbonyl (C=O) groups is 2. The average Bonchev–Trinajstić information content (AvgIpc) is 3.27. The highest BCUT2D eigenvalue weighted by molar-refractivity contribution is 6.05. The molecule has 2 aliphatic heterocycles. The second kappa shape index (κ2) is 9.52. The molecule has 6 heteroatoms. The van der Waals surface area contributed by atoms with Gasteiger partial charge in [0.1, 0.15) is 0 Å². The van der Waals surface area contributed by atoms with E-state index < -0.39 is 5.97 Å². The van der Waals surface area contributed by atoms with Crippen LogP contribution in [0.5, 0.6) is 0 Å². The monoisotopic (exact) mass is 421 g/mol. The van der Waals surface area contributed by atoms with Crippen LogP contribution in [0.15, 0.2) is 42.5 Å². The highest BCUT2D eigenvalue weighted by Crippen LogP contribution is 2.30. The highest BCUT2D eigenvalue weighted by Gasteiger charge is 2.26. The Morgan fingerprint density at radius 1 is 1.06 bits per heavy atom. The lowest BCUT2D eigenvalue weighted by atomic mass is 9.96. The molecule has 0 aromatic heterocycles. The Kier molecular flexibility index (Phi) is 6.56. The molecule has 4 rings (SSSR count). The molecule has 2 heterocycles. The number of nitrogens with zero attached hydrogens (tertiary/aromatic N) is 2. The normalized spacial score (nSPS) is 19.4. The van der Waals surface area contributed by atoms with Crippen LogP contribution in [0.1, 0.15) is 52.0 Å². The van der Waals surface area contributed by atoms with Crippen LogP contribution in [-0.4, -0.2) is 54.6 Å². The van der Waals surface area contributed by atoms with E-state index in [1.165, 1.54) is 32.4 Å². The number of hydrogen-bond donors (Lipinski definition) is 2. The molecule has 2 saturated heterocycles. The fourth-order valence-electron chi connectivity index (χ4n) is 4.81. The lowest BCUT2D eigenvalue weighted by Gasteiger charge is -2.36. The fraction of sp³-hybridized carbons (Fsp3) is 0.440. The quantitative estimate of drug-likeness (QED) is 0.729. The van der Waals surface area contributed by atoms with Crippen LogP contribution in [0.25, 0.3) is 0 Å². The smallest absolute Gasteiger partial charge is 0.337 e. The van der Waals surface area contributed by atoms with Gasteiger partial charge in [-0.1, -0.05) is 17.7 Å². The van der Waals surface area contributed by atoms with E-state index in [9.17, 15) is 14.7 Å². The third kappa shape index (κ3) is 5.25. The van der Waals surface area contributed by atoms with E-state index in [0.29, 0.717) is 17.2 Å². The van der Waals surface area contributed by atoms with E-state index in [4.69, 9.17) is 0 Å². The van der Waals surface area contributed by atoms with Gasteiger partial charge in [-0.05, 0) is 81.9 Å². The first-order valence-corrected chi connectivity index (χ1v) is 11.2. The van der Waals surface area contributed by atoms with E-state index in [-0.39, 0.29) is 11.5 Å². The highest BCUT2D eigenvalue weighted by atomic mass is 16.4. The number of rotatable bonds is 6. The summed E-state index contributed by atoms with van der Waals surface area (Å²) >= 11 is 0. The van der Waals surface area contributed by atoms with Crippen LogP contribution in [-0.2, 0) is 0 Å². The van der Waals surface area contributed by atoms with Gasteiger partial charge in [-0.25, -0.2) is 4.79 Å². The van der Waals surface area contributed by atoms with Crippen molar-refractivity contribution in [2.75, 3.05) is 42.9 Å². The zero-order chi connectivity index (χ0) is 21.8. The van der Waals surface area contributed by atoms with Crippen LogP contribution >= 0.6 is 0 Å². The number of carbonyl (C=O) groups excluding carboxylic acids is 1. The molecular weight excluding hydrogens is 390 g/mol. The van der Waals surface area contributed by atoms with Crippen LogP contribution in [0, 0.1) is 12.8 Å². The number of aromatic carboxylic acids is 1. The molecule has 0 spiro atoms. The van der Waals surface area contributed by atoms with Crippen molar-refractivity contribution in [2.24, 2.45) is 5.92 Å². The number of hydrogen-bond acceptors (Lipinski definition) is 4. The van der Waals surface area contributed by atoms with Crippen molar-refractivity contribution < 1.29 is 14.7 Å². The molecule has 0 aliphatic carbocycles. The second-order valence-corrected chi connectivity index (χ2v) is 8.82. The molecule has 2 aromatic carbocycles. The summed E-state index contributed by atoms with van der Waals surface area (Å²) in [5.41, 5.74) is 3.04. The van der Waals surface area contributed by atoms with E-state index in [2.05, 4.69) is 15.1 Å². The Morgan fingerprint density at radius 3 is 2.61 bits per heavy atom. The van der Waals surface area contributed by atoms with Crippen molar-refractivity contribution >= 4 is 23.3 Å². The number of carboxylic acids is 1. The Morgan fingerprint density at radius 2 is 1.87 bits per heavy atom. The summed E-state index contributed by atoms with van der Waals surface area (Å²) in [7, 11) is 0. The zero-order valence-electron chi connectivity index (χ0n) is 18.1. The summed E-state index contributed by atoms with van der Waals surface area (Å²) in [6, 6.07) is 12.6. The minimum absolute atomic E-state index is 0.239. The summed E-state index contributed by atoms with van der Waals surface area (Å²) in [6.07, 6.45) is 4.84. The predicted molar refractivity (Wildman–Crippen MR) is 123 cm³/mol. The van der Waals surface area contributed by atoms with Gasteiger partial charge in [-0.3, -0.25) is 4.79 Å². The number of benzene rings is 2. The first kappa shape index (κ1) is 21.4. The SMILES string of the molecule is Cc1cccc(C(=O)Nc2ccc(N3CCC[C@H](CN4CCCC4)C3)c(C(=O)O)c2)c1. The number of likely N-dealkylation sites (tertiary alicyclic amines) is 1. The molecule has 0 radical (unpaired) electrons. The van der Waals surface area contributed by atoms with E-state index in [0.717, 1.165) is 37.3 Å². The van der Waals surface area contributed by atoms with Crippen molar-refractivity contribution in [1.82, 2.24) is 4.90 Å². The first-order valence-electron chi connectivity index (χ1n) is 11.2. The average molecular weight is 422 g/mol. The summed E-state index contributed by atoms with van der Waals surface area (Å²) < 4.78 is 0. The molecule has 31 heavy (non-hydrogen) atoms. The van der Waals surface area contributed by atoms with Crippen LogP contribution in [0.4, 0.5) is 11.4 Å². The number of aryl methyl sites for hydroxylation is 1. The number of nitrogens with one attached hydrogen (secondary N) is 1. The summed E-state index contributed by atoms with van der Waals surface area (Å²) in [5.74, 6) is -0.644. The Balaban J connectivity index is 1.49. The van der Waals surface area contributed by atoms with Crippen molar-refractivity contribution in [2.45, 2.75) is 32.6 Å². The molecule has 164 valence electrons. The minimum atomic E-state index is -0.969. The summed E-state index contributed by atoms with van der Waals surface area (Å²) in [4.78, 5) is 29.3. The fourth-order valence-corrected chi connectivity index (χ4v) is 4.81. The number of carboxylic acid groups (broad SMARTS) is 1. The van der Waals surface area contributed by atoms with Crippen molar-refractivity contribution in [3.8, 4) is 0 Å². The standard InChI is InChI=1S/C25H31N3O3/c1-18-6-4-8-20(14-18)24(29)26-21-9-10-23(22(15-21)25(30)31)28-13-5-7-19(17-28)16-27-11-2-3-12-27/h4,6,8-10,14-15,19H,2-3,5,7,11-13,16-17H2,1H3,(H,26,29)(H,30,31)/t19-/m1/s1. The second-order valence-electron chi connectivity index (χ2n) is 8.82. The van der Waals surface area contributed by atoms with E-state index >= 15 is 0 Å². The first-order chi connectivity index (χ1) is 15.0. The van der Waals surface area contributed by atoms with Gasteiger partial charge in [0.15, 0.2) is 0 Å². The molecule has 1 atom stereocenters. The Bertz CT molecular complexity index is 953. The zero-order valence-corrected chi connectivity index (χ0v) is 18.1. The summed E-state index contributed by atoms with van der Waals surface area (Å²) in [6.45, 7) is 7.16. The van der Waals surface area contributed by atoms with Crippen molar-refractivity contribution in [3.05, 3.63) is 59.2 Å². The lowest BCUT2D eigenvalue weighted by molar-refractivity contribution is 0.0697. The van der Waals surface area contributed by atoms with Gasteiger partial charge in [0.25, 0.3) is 5.91 Å². The molecule has 2 N–H and O–H groups in total. The maximum Gasteiger partial charge on any atom is 0.337 e. The largest absolute Gasteiger partial charge is 0.478 e. The van der Waals surface area contributed by atoms with E-state index in [1.807, 2.05) is 31.2 Å². The number of anilines is 2. The number of piperidine rings is 1. The minimum Gasteiger partial charge on any atom is -0.478 e. The number of amides is 1. The molecule has 0 saturated carbocycles. The van der Waals surface area contributed by atoms with Gasteiger partial charge in [0, 0.05) is 30.9 Å². The molecule has 6 nitrogen and oxygen atoms in total. The van der Waals surface area contributed by atoms with Crippen LogP contribution in [0.3, 0.4) is 0 Å².